The zero-order chi connectivity index (χ0) is 28.9. The predicted molar refractivity (Wildman–Crippen MR) is 182 cm³/mol. The molecule has 0 N–H and O–H groups in total. The number of thiophene rings is 2. The Balaban J connectivity index is 1.37. The fourth-order valence-electron chi connectivity index (χ4n) is 5.95. The molecule has 0 radical (unpaired) electrons. The van der Waals surface area contributed by atoms with Gasteiger partial charge >= 0.3 is 0 Å². The number of hydrogen-bond donors (Lipinski definition) is 0. The van der Waals surface area contributed by atoms with Gasteiger partial charge in [0.05, 0.1) is 44.0 Å². The van der Waals surface area contributed by atoms with Gasteiger partial charge in [-0.1, -0.05) is 72.8 Å². The fraction of sp³-hybridized carbons (Fsp3) is 0. The van der Waals surface area contributed by atoms with E-state index in [0.717, 1.165) is 28.2 Å². The summed E-state index contributed by atoms with van der Waals surface area (Å²) in [7, 11) is 0. The SMILES string of the molecule is N#Cc1cc(C#N)cc(-c2ccc(N(c3cccc4c3sc3ccccc34)c3cccc4c3sc3ccccc34)cc2)c1. The second kappa shape index (κ2) is 10.1. The smallest absolute Gasteiger partial charge is 0.0992 e. The van der Waals surface area contributed by atoms with Crippen molar-refractivity contribution in [2.45, 2.75) is 0 Å². The van der Waals surface area contributed by atoms with E-state index < -0.39 is 0 Å². The van der Waals surface area contributed by atoms with Crippen molar-refractivity contribution < 1.29 is 0 Å². The molecule has 6 aromatic carbocycles. The molecule has 2 heterocycles. The van der Waals surface area contributed by atoms with Crippen LogP contribution in [0.4, 0.5) is 17.1 Å². The first-order valence-electron chi connectivity index (χ1n) is 13.9. The Morgan fingerprint density at radius 3 is 1.47 bits per heavy atom. The Labute approximate surface area is 256 Å². The highest BCUT2D eigenvalue weighted by molar-refractivity contribution is 7.27. The molecule has 0 unspecified atom stereocenters. The summed E-state index contributed by atoms with van der Waals surface area (Å²) in [5.41, 5.74) is 6.07. The quantitative estimate of drug-likeness (QED) is 0.207. The number of benzene rings is 6. The highest BCUT2D eigenvalue weighted by atomic mass is 32.1. The molecular formula is C38H21N3S2. The first-order chi connectivity index (χ1) is 21.2. The lowest BCUT2D eigenvalue weighted by Gasteiger charge is -2.27. The Hall–Kier alpha value is -5.46. The molecular weight excluding hydrogens is 563 g/mol. The molecule has 8 aromatic rings. The van der Waals surface area contributed by atoms with Gasteiger partial charge in [0.1, 0.15) is 0 Å². The van der Waals surface area contributed by atoms with E-state index >= 15 is 0 Å². The van der Waals surface area contributed by atoms with Crippen LogP contribution in [0.3, 0.4) is 0 Å². The third-order valence-electron chi connectivity index (χ3n) is 7.90. The van der Waals surface area contributed by atoms with Crippen molar-refractivity contribution in [1.29, 1.82) is 10.5 Å². The number of anilines is 3. The van der Waals surface area contributed by atoms with Crippen LogP contribution >= 0.6 is 22.7 Å². The van der Waals surface area contributed by atoms with Crippen molar-refractivity contribution in [3.8, 4) is 23.3 Å². The number of hydrogen-bond acceptors (Lipinski definition) is 5. The maximum Gasteiger partial charge on any atom is 0.0992 e. The monoisotopic (exact) mass is 583 g/mol. The summed E-state index contributed by atoms with van der Waals surface area (Å²) in [5, 5.41) is 24.1. The maximum atomic E-state index is 9.51. The zero-order valence-electron chi connectivity index (χ0n) is 22.8. The standard InChI is InChI=1S/C38H21N3S2/c39-22-24-19-25(23-40)21-27(20-24)26-15-17-28(18-16-26)41(33-11-5-9-31-29-7-1-3-13-35(29)42-37(31)33)34-12-6-10-32-30-8-2-4-14-36(30)43-38(32)34/h1-21H. The zero-order valence-corrected chi connectivity index (χ0v) is 24.4. The van der Waals surface area contributed by atoms with Gasteiger partial charge in [-0.05, 0) is 65.7 Å². The van der Waals surface area contributed by atoms with Gasteiger partial charge in [-0.15, -0.1) is 22.7 Å². The first-order valence-corrected chi connectivity index (χ1v) is 15.5. The summed E-state index contributed by atoms with van der Waals surface area (Å²) < 4.78 is 5.02. The molecule has 0 amide bonds. The summed E-state index contributed by atoms with van der Waals surface area (Å²) in [4.78, 5) is 2.38. The van der Waals surface area contributed by atoms with Crippen molar-refractivity contribution in [2.75, 3.05) is 4.90 Å². The molecule has 43 heavy (non-hydrogen) atoms. The van der Waals surface area contributed by atoms with E-state index in [0.29, 0.717) is 11.1 Å². The molecule has 0 aliphatic carbocycles. The van der Waals surface area contributed by atoms with E-state index in [-0.39, 0.29) is 0 Å². The van der Waals surface area contributed by atoms with Crippen LogP contribution in [0.5, 0.6) is 0 Å². The summed E-state index contributed by atoms with van der Waals surface area (Å²) >= 11 is 3.65. The molecule has 0 saturated heterocycles. The molecule has 5 heteroatoms. The largest absolute Gasteiger partial charge is 0.308 e. The summed E-state index contributed by atoms with van der Waals surface area (Å²) in [6, 6.07) is 48.5. The van der Waals surface area contributed by atoms with Crippen LogP contribution in [0.25, 0.3) is 51.5 Å². The van der Waals surface area contributed by atoms with Crippen LogP contribution in [0.15, 0.2) is 127 Å². The van der Waals surface area contributed by atoms with Gasteiger partial charge in [-0.25, -0.2) is 0 Å². The number of fused-ring (bicyclic) bond motifs is 6. The van der Waals surface area contributed by atoms with Crippen molar-refractivity contribution in [3.05, 3.63) is 139 Å². The minimum atomic E-state index is 0.479. The van der Waals surface area contributed by atoms with Gasteiger partial charge in [0.15, 0.2) is 0 Å². The predicted octanol–water partition coefficient (Wildman–Crippen LogP) is 11.3. The molecule has 3 nitrogen and oxygen atoms in total. The molecule has 200 valence electrons. The second-order valence-corrected chi connectivity index (χ2v) is 12.5. The summed E-state index contributed by atoms with van der Waals surface area (Å²) in [6.45, 7) is 0. The highest BCUT2D eigenvalue weighted by Gasteiger charge is 2.21. The lowest BCUT2D eigenvalue weighted by Crippen LogP contribution is -2.10. The Morgan fingerprint density at radius 1 is 0.465 bits per heavy atom. The summed E-state index contributed by atoms with van der Waals surface area (Å²) in [5.74, 6) is 0. The Kier molecular flexibility index (Phi) is 5.94. The third-order valence-corrected chi connectivity index (χ3v) is 10.3. The minimum absolute atomic E-state index is 0.479. The van der Waals surface area contributed by atoms with E-state index in [9.17, 15) is 10.5 Å². The second-order valence-electron chi connectivity index (χ2n) is 10.4. The van der Waals surface area contributed by atoms with Crippen LogP contribution < -0.4 is 4.90 Å². The van der Waals surface area contributed by atoms with Crippen LogP contribution in [-0.2, 0) is 0 Å². The molecule has 0 atom stereocenters. The number of rotatable bonds is 4. The van der Waals surface area contributed by atoms with Crippen LogP contribution in [0.1, 0.15) is 11.1 Å². The van der Waals surface area contributed by atoms with Crippen molar-refractivity contribution in [2.24, 2.45) is 0 Å². The van der Waals surface area contributed by atoms with Gasteiger partial charge in [0.25, 0.3) is 0 Å². The average molecular weight is 584 g/mol. The molecule has 0 spiro atoms. The lowest BCUT2D eigenvalue weighted by atomic mass is 10.00. The van der Waals surface area contributed by atoms with Crippen molar-refractivity contribution in [3.63, 3.8) is 0 Å². The molecule has 0 saturated carbocycles. The molecule has 2 aromatic heterocycles. The summed E-state index contributed by atoms with van der Waals surface area (Å²) in [6.07, 6.45) is 0. The van der Waals surface area contributed by atoms with E-state index in [1.54, 1.807) is 6.07 Å². The Bertz CT molecular complexity index is 2290. The normalized spacial score (nSPS) is 11.2. The molecule has 0 aliphatic rings. The minimum Gasteiger partial charge on any atom is -0.308 e. The van der Waals surface area contributed by atoms with Crippen LogP contribution in [0, 0.1) is 22.7 Å². The van der Waals surface area contributed by atoms with Crippen molar-refractivity contribution in [1.82, 2.24) is 0 Å². The number of nitriles is 2. The van der Waals surface area contributed by atoms with Gasteiger partial charge in [-0.3, -0.25) is 0 Å². The van der Waals surface area contributed by atoms with Crippen molar-refractivity contribution >= 4 is 80.1 Å². The highest BCUT2D eigenvalue weighted by Crippen LogP contribution is 2.48. The van der Waals surface area contributed by atoms with Crippen LogP contribution in [0.2, 0.25) is 0 Å². The topological polar surface area (TPSA) is 50.8 Å². The van der Waals surface area contributed by atoms with Gasteiger partial charge in [0, 0.05) is 36.6 Å². The van der Waals surface area contributed by atoms with Gasteiger partial charge < -0.3 is 4.90 Å². The maximum absolute atomic E-state index is 9.51. The fourth-order valence-corrected chi connectivity index (χ4v) is 8.36. The Morgan fingerprint density at radius 2 is 0.953 bits per heavy atom. The average Bonchev–Trinajstić information content (AvgIpc) is 3.64. The first kappa shape index (κ1) is 25.3. The van der Waals surface area contributed by atoms with Gasteiger partial charge in [-0.2, -0.15) is 10.5 Å². The third kappa shape index (κ3) is 4.15. The molecule has 0 bridgehead atoms. The van der Waals surface area contributed by atoms with E-state index in [1.165, 1.54) is 40.3 Å². The lowest BCUT2D eigenvalue weighted by molar-refractivity contribution is 1.32. The molecule has 0 fully saturated rings. The van der Waals surface area contributed by atoms with Crippen LogP contribution in [-0.4, -0.2) is 0 Å². The van der Waals surface area contributed by atoms with Gasteiger partial charge in [0.2, 0.25) is 0 Å². The van der Waals surface area contributed by atoms with E-state index in [4.69, 9.17) is 0 Å². The van der Waals surface area contributed by atoms with E-state index in [2.05, 4.69) is 126 Å². The molecule has 0 aliphatic heterocycles. The number of nitrogens with zero attached hydrogens (tertiary/aromatic N) is 3. The van der Waals surface area contributed by atoms with E-state index in [1.807, 2.05) is 34.8 Å². The molecule has 8 rings (SSSR count).